The Morgan fingerprint density at radius 3 is 2.52 bits per heavy atom. The van der Waals surface area contributed by atoms with E-state index in [1.165, 1.54) is 12.1 Å². The number of aliphatic hydroxyl groups is 1. The Bertz CT molecular complexity index is 427. The van der Waals surface area contributed by atoms with Crippen LogP contribution in [0.3, 0.4) is 0 Å². The maximum atomic E-state index is 12.4. The van der Waals surface area contributed by atoms with Gasteiger partial charge in [0.1, 0.15) is 5.75 Å². The Hall–Kier alpha value is -1.31. The second kappa shape index (κ2) is 8.21. The molecular formula is C14H21F3N2O2. The molecule has 1 aromatic carbocycles. The third-order valence-electron chi connectivity index (χ3n) is 3.16. The molecule has 0 aliphatic carbocycles. The quantitative estimate of drug-likeness (QED) is 0.689. The van der Waals surface area contributed by atoms with Gasteiger partial charge in [0.15, 0.2) is 0 Å². The van der Waals surface area contributed by atoms with Crippen molar-refractivity contribution in [2.75, 3.05) is 13.2 Å². The standard InChI is InChI=1S/C14H21F3N2O2/c1-2-10(7-8-20)19-12(9-18)11-5-3-4-6-13(11)21-14(15,16)17/h3-6,10,12,19-20H,2,7-9,18H2,1H3. The van der Waals surface area contributed by atoms with Crippen LogP contribution in [0.5, 0.6) is 5.75 Å². The summed E-state index contributed by atoms with van der Waals surface area (Å²) in [6.07, 6.45) is -3.50. The lowest BCUT2D eigenvalue weighted by Crippen LogP contribution is -2.37. The van der Waals surface area contributed by atoms with Crippen molar-refractivity contribution in [1.29, 1.82) is 0 Å². The highest BCUT2D eigenvalue weighted by Crippen LogP contribution is 2.30. The first-order valence-electron chi connectivity index (χ1n) is 6.82. The fourth-order valence-electron chi connectivity index (χ4n) is 2.12. The number of hydrogen-bond acceptors (Lipinski definition) is 4. The van der Waals surface area contributed by atoms with Gasteiger partial charge in [-0.1, -0.05) is 25.1 Å². The van der Waals surface area contributed by atoms with Crippen LogP contribution in [0.2, 0.25) is 0 Å². The summed E-state index contributed by atoms with van der Waals surface area (Å²) < 4.78 is 41.3. The maximum absolute atomic E-state index is 12.4. The van der Waals surface area contributed by atoms with Crippen molar-refractivity contribution in [3.63, 3.8) is 0 Å². The van der Waals surface area contributed by atoms with Crippen LogP contribution in [0.15, 0.2) is 24.3 Å². The molecule has 0 bridgehead atoms. The molecule has 0 saturated heterocycles. The van der Waals surface area contributed by atoms with Gasteiger partial charge in [0.05, 0.1) is 0 Å². The molecule has 120 valence electrons. The summed E-state index contributed by atoms with van der Waals surface area (Å²) in [5.74, 6) is -0.258. The van der Waals surface area contributed by atoms with Crippen molar-refractivity contribution >= 4 is 0 Å². The van der Waals surface area contributed by atoms with Crippen LogP contribution in [0.25, 0.3) is 0 Å². The predicted molar refractivity (Wildman–Crippen MR) is 73.8 cm³/mol. The Morgan fingerprint density at radius 2 is 2.00 bits per heavy atom. The Labute approximate surface area is 122 Å². The second-order valence-corrected chi connectivity index (χ2v) is 4.66. The lowest BCUT2D eigenvalue weighted by atomic mass is 10.0. The highest BCUT2D eigenvalue weighted by molar-refractivity contribution is 5.36. The number of alkyl halides is 3. The Kier molecular flexibility index (Phi) is 6.94. The number of nitrogens with two attached hydrogens (primary N) is 1. The number of hydrogen-bond donors (Lipinski definition) is 3. The first kappa shape index (κ1) is 17.7. The molecule has 0 fully saturated rings. The van der Waals surface area contributed by atoms with Crippen molar-refractivity contribution < 1.29 is 23.0 Å². The molecule has 4 nitrogen and oxygen atoms in total. The molecule has 0 heterocycles. The van der Waals surface area contributed by atoms with E-state index in [9.17, 15) is 13.2 Å². The summed E-state index contributed by atoms with van der Waals surface area (Å²) in [6, 6.07) is 5.43. The molecule has 4 N–H and O–H groups in total. The van der Waals surface area contributed by atoms with Gasteiger partial charge in [-0.05, 0) is 18.9 Å². The van der Waals surface area contributed by atoms with Gasteiger partial charge in [0, 0.05) is 30.8 Å². The van der Waals surface area contributed by atoms with E-state index in [1.54, 1.807) is 12.1 Å². The normalized spacial score (nSPS) is 14.8. The zero-order chi connectivity index (χ0) is 15.9. The SMILES string of the molecule is CCC(CCO)NC(CN)c1ccccc1OC(F)(F)F. The monoisotopic (exact) mass is 306 g/mol. The van der Waals surface area contributed by atoms with Gasteiger partial charge in [-0.3, -0.25) is 0 Å². The number of halogens is 3. The molecule has 0 aliphatic heterocycles. The molecule has 21 heavy (non-hydrogen) atoms. The average Bonchev–Trinajstić information content (AvgIpc) is 2.42. The molecule has 0 radical (unpaired) electrons. The number of nitrogens with one attached hydrogen (secondary N) is 1. The van der Waals surface area contributed by atoms with E-state index in [2.05, 4.69) is 10.1 Å². The van der Waals surface area contributed by atoms with Gasteiger partial charge in [0.25, 0.3) is 0 Å². The Balaban J connectivity index is 2.94. The van der Waals surface area contributed by atoms with Crippen LogP contribution in [-0.2, 0) is 0 Å². The van der Waals surface area contributed by atoms with Crippen molar-refractivity contribution in [3.05, 3.63) is 29.8 Å². The zero-order valence-corrected chi connectivity index (χ0v) is 11.9. The molecule has 2 atom stereocenters. The molecule has 0 aromatic heterocycles. The van der Waals surface area contributed by atoms with E-state index in [0.29, 0.717) is 12.0 Å². The van der Waals surface area contributed by atoms with Crippen molar-refractivity contribution in [3.8, 4) is 5.75 Å². The molecule has 7 heteroatoms. The number of aliphatic hydroxyl groups excluding tert-OH is 1. The largest absolute Gasteiger partial charge is 0.573 e. The highest BCUT2D eigenvalue weighted by atomic mass is 19.4. The molecule has 1 aromatic rings. The lowest BCUT2D eigenvalue weighted by molar-refractivity contribution is -0.275. The van der Waals surface area contributed by atoms with Gasteiger partial charge in [-0.2, -0.15) is 0 Å². The molecule has 1 rings (SSSR count). The Morgan fingerprint density at radius 1 is 1.33 bits per heavy atom. The van der Waals surface area contributed by atoms with Gasteiger partial charge in [0.2, 0.25) is 0 Å². The van der Waals surface area contributed by atoms with Crippen LogP contribution in [-0.4, -0.2) is 30.7 Å². The topological polar surface area (TPSA) is 67.5 Å². The number of ether oxygens (including phenoxy) is 1. The van der Waals surface area contributed by atoms with Crippen LogP contribution in [0.4, 0.5) is 13.2 Å². The summed E-state index contributed by atoms with van der Waals surface area (Å²) in [7, 11) is 0. The van der Waals surface area contributed by atoms with Crippen molar-refractivity contribution in [1.82, 2.24) is 5.32 Å². The number of rotatable bonds is 8. The minimum Gasteiger partial charge on any atom is -0.405 e. The number of benzene rings is 1. The van der Waals surface area contributed by atoms with Gasteiger partial charge in [-0.15, -0.1) is 13.2 Å². The van der Waals surface area contributed by atoms with E-state index in [0.717, 1.165) is 6.42 Å². The predicted octanol–water partition coefficient (Wildman–Crippen LogP) is 2.34. The third kappa shape index (κ3) is 5.91. The van der Waals surface area contributed by atoms with E-state index in [1.807, 2.05) is 6.92 Å². The third-order valence-corrected chi connectivity index (χ3v) is 3.16. The van der Waals surface area contributed by atoms with Crippen LogP contribution < -0.4 is 15.8 Å². The zero-order valence-electron chi connectivity index (χ0n) is 11.9. The van der Waals surface area contributed by atoms with Crippen LogP contribution in [0, 0.1) is 0 Å². The molecule has 0 saturated carbocycles. The summed E-state index contributed by atoms with van der Waals surface area (Å²) in [5, 5.41) is 12.2. The molecule has 2 unspecified atom stereocenters. The minimum absolute atomic E-state index is 0.00347. The lowest BCUT2D eigenvalue weighted by Gasteiger charge is -2.25. The fraction of sp³-hybridized carbons (Fsp3) is 0.571. The highest BCUT2D eigenvalue weighted by Gasteiger charge is 2.33. The minimum atomic E-state index is -4.75. The van der Waals surface area contributed by atoms with E-state index < -0.39 is 12.4 Å². The smallest absolute Gasteiger partial charge is 0.405 e. The van der Waals surface area contributed by atoms with E-state index in [4.69, 9.17) is 10.8 Å². The van der Waals surface area contributed by atoms with E-state index >= 15 is 0 Å². The first-order valence-corrected chi connectivity index (χ1v) is 6.82. The molecule has 0 spiro atoms. The molecule has 0 amide bonds. The van der Waals surface area contributed by atoms with Gasteiger partial charge < -0.3 is 20.9 Å². The van der Waals surface area contributed by atoms with Gasteiger partial charge in [-0.25, -0.2) is 0 Å². The van der Waals surface area contributed by atoms with Gasteiger partial charge >= 0.3 is 6.36 Å². The van der Waals surface area contributed by atoms with Crippen molar-refractivity contribution in [2.24, 2.45) is 5.73 Å². The first-order chi connectivity index (χ1) is 9.91. The fourth-order valence-corrected chi connectivity index (χ4v) is 2.12. The summed E-state index contributed by atoms with van der Waals surface area (Å²) in [4.78, 5) is 0. The van der Waals surface area contributed by atoms with Crippen molar-refractivity contribution in [2.45, 2.75) is 38.2 Å². The van der Waals surface area contributed by atoms with Crippen LogP contribution in [0.1, 0.15) is 31.4 Å². The summed E-state index contributed by atoms with van der Waals surface area (Å²) >= 11 is 0. The summed E-state index contributed by atoms with van der Waals surface area (Å²) in [5.41, 5.74) is 6.03. The maximum Gasteiger partial charge on any atom is 0.573 e. The number of para-hydroxylation sites is 1. The average molecular weight is 306 g/mol. The second-order valence-electron chi connectivity index (χ2n) is 4.66. The summed E-state index contributed by atoms with van der Waals surface area (Å²) in [6.45, 7) is 2.06. The molecule has 0 aliphatic rings. The van der Waals surface area contributed by atoms with Crippen LogP contribution >= 0.6 is 0 Å². The molecular weight excluding hydrogens is 285 g/mol. The van der Waals surface area contributed by atoms with E-state index in [-0.39, 0.29) is 24.9 Å².